The largest absolute Gasteiger partial charge is 0.389 e. The van der Waals surface area contributed by atoms with Gasteiger partial charge in [0.1, 0.15) is 0 Å². The molecule has 0 aromatic carbocycles. The third-order valence-electron chi connectivity index (χ3n) is 3.87. The molecule has 5 heteroatoms. The fourth-order valence-electron chi connectivity index (χ4n) is 2.73. The first-order valence-electron chi connectivity index (χ1n) is 6.53. The van der Waals surface area contributed by atoms with Crippen LogP contribution in [-0.4, -0.2) is 54.3 Å². The van der Waals surface area contributed by atoms with Crippen molar-refractivity contribution in [1.82, 2.24) is 10.2 Å². The maximum absolute atomic E-state index is 13.0. The van der Waals surface area contributed by atoms with E-state index in [2.05, 4.69) is 5.32 Å². The Bertz CT molecular complexity index is 243. The van der Waals surface area contributed by atoms with Crippen LogP contribution in [-0.2, 0) is 0 Å². The molecule has 0 bridgehead atoms. The summed E-state index contributed by atoms with van der Waals surface area (Å²) >= 11 is 0. The van der Waals surface area contributed by atoms with Gasteiger partial charge in [0.2, 0.25) is 0 Å². The lowest BCUT2D eigenvalue weighted by molar-refractivity contribution is -0.0764. The highest BCUT2D eigenvalue weighted by molar-refractivity contribution is 4.88. The molecule has 2 heterocycles. The molecule has 0 aliphatic carbocycles. The quantitative estimate of drug-likeness (QED) is 0.771. The predicted molar refractivity (Wildman–Crippen MR) is 62.3 cm³/mol. The Morgan fingerprint density at radius 2 is 1.76 bits per heavy atom. The second kappa shape index (κ2) is 5.16. The van der Waals surface area contributed by atoms with Crippen molar-refractivity contribution in [1.29, 1.82) is 0 Å². The van der Waals surface area contributed by atoms with E-state index in [0.717, 1.165) is 32.4 Å². The van der Waals surface area contributed by atoms with Crippen molar-refractivity contribution in [2.24, 2.45) is 0 Å². The minimum atomic E-state index is -2.50. The number of hydrogen-bond acceptors (Lipinski definition) is 3. The summed E-state index contributed by atoms with van der Waals surface area (Å²) in [6, 6.07) is 0. The van der Waals surface area contributed by atoms with E-state index in [1.165, 1.54) is 0 Å². The molecule has 2 saturated heterocycles. The van der Waals surface area contributed by atoms with E-state index in [-0.39, 0.29) is 12.8 Å². The average Bonchev–Trinajstić information content (AvgIpc) is 2.47. The lowest BCUT2D eigenvalue weighted by Crippen LogP contribution is -2.48. The van der Waals surface area contributed by atoms with Crippen LogP contribution in [0, 0.1) is 0 Å². The molecule has 1 atom stereocenters. The molecule has 0 saturated carbocycles. The smallest absolute Gasteiger partial charge is 0.250 e. The lowest BCUT2D eigenvalue weighted by atomic mass is 9.93. The molecule has 2 fully saturated rings. The van der Waals surface area contributed by atoms with Crippen molar-refractivity contribution in [2.45, 2.75) is 43.6 Å². The Kier molecular flexibility index (Phi) is 4.00. The third-order valence-corrected chi connectivity index (χ3v) is 3.87. The van der Waals surface area contributed by atoms with Gasteiger partial charge >= 0.3 is 0 Å². The molecule has 2 aliphatic rings. The molecule has 0 radical (unpaired) electrons. The first kappa shape index (κ1) is 13.2. The van der Waals surface area contributed by atoms with Crippen molar-refractivity contribution in [2.75, 3.05) is 32.7 Å². The number of nitrogens with one attached hydrogen (secondary N) is 1. The highest BCUT2D eigenvalue weighted by Crippen LogP contribution is 2.29. The van der Waals surface area contributed by atoms with Crippen LogP contribution in [0.15, 0.2) is 0 Å². The van der Waals surface area contributed by atoms with Crippen molar-refractivity contribution in [3.63, 3.8) is 0 Å². The molecule has 3 nitrogen and oxygen atoms in total. The van der Waals surface area contributed by atoms with E-state index >= 15 is 0 Å². The van der Waals surface area contributed by atoms with Crippen molar-refractivity contribution < 1.29 is 13.9 Å². The fraction of sp³-hybridized carbons (Fsp3) is 1.00. The molecule has 0 aromatic heterocycles. The topological polar surface area (TPSA) is 35.5 Å². The Labute approximate surface area is 101 Å². The summed E-state index contributed by atoms with van der Waals surface area (Å²) in [6.45, 7) is 3.12. The fourth-order valence-corrected chi connectivity index (χ4v) is 2.73. The van der Waals surface area contributed by atoms with Crippen LogP contribution >= 0.6 is 0 Å². The molecule has 100 valence electrons. The minimum Gasteiger partial charge on any atom is -0.389 e. The number of aliphatic hydroxyl groups is 1. The molecular formula is C12H22F2N2O. The summed E-state index contributed by atoms with van der Waals surface area (Å²) in [4.78, 5) is 1.99. The van der Waals surface area contributed by atoms with E-state index < -0.39 is 11.5 Å². The van der Waals surface area contributed by atoms with Gasteiger partial charge in [0.25, 0.3) is 5.92 Å². The molecule has 2 rings (SSSR count). The summed E-state index contributed by atoms with van der Waals surface area (Å²) < 4.78 is 26.0. The SMILES string of the molecule is OC1(CN2CCC(F)(F)CC2)CCCNCC1. The molecule has 17 heavy (non-hydrogen) atoms. The monoisotopic (exact) mass is 248 g/mol. The number of halogens is 2. The first-order chi connectivity index (χ1) is 7.99. The van der Waals surface area contributed by atoms with E-state index in [1.807, 2.05) is 4.90 Å². The van der Waals surface area contributed by atoms with Gasteiger partial charge in [-0.1, -0.05) is 0 Å². The van der Waals surface area contributed by atoms with Crippen molar-refractivity contribution in [3.05, 3.63) is 0 Å². The zero-order valence-corrected chi connectivity index (χ0v) is 10.2. The van der Waals surface area contributed by atoms with Gasteiger partial charge in [-0.25, -0.2) is 8.78 Å². The summed E-state index contributed by atoms with van der Waals surface area (Å²) in [5, 5.41) is 13.7. The number of nitrogens with zero attached hydrogens (tertiary/aromatic N) is 1. The van der Waals surface area contributed by atoms with Crippen molar-refractivity contribution >= 4 is 0 Å². The van der Waals surface area contributed by atoms with Gasteiger partial charge in [-0.2, -0.15) is 0 Å². The van der Waals surface area contributed by atoms with Gasteiger partial charge in [0, 0.05) is 32.5 Å². The van der Waals surface area contributed by atoms with Crippen LogP contribution in [0.5, 0.6) is 0 Å². The Hall–Kier alpha value is -0.260. The van der Waals surface area contributed by atoms with E-state index in [0.29, 0.717) is 19.6 Å². The number of alkyl halides is 2. The molecular weight excluding hydrogens is 226 g/mol. The van der Waals surface area contributed by atoms with Crippen LogP contribution in [0.1, 0.15) is 32.1 Å². The zero-order valence-electron chi connectivity index (χ0n) is 10.2. The molecule has 2 N–H and O–H groups in total. The van der Waals surface area contributed by atoms with Gasteiger partial charge in [-0.15, -0.1) is 0 Å². The number of β-amino-alcohol motifs (C(OH)–C–C–N with tert-alkyl or cyclic N) is 1. The number of piperidine rings is 1. The molecule has 0 spiro atoms. The minimum absolute atomic E-state index is 0.0681. The first-order valence-corrected chi connectivity index (χ1v) is 6.53. The summed E-state index contributed by atoms with van der Waals surface area (Å²) in [5.74, 6) is -2.50. The summed E-state index contributed by atoms with van der Waals surface area (Å²) in [6.07, 6.45) is 2.32. The highest BCUT2D eigenvalue weighted by Gasteiger charge is 2.37. The molecule has 0 aromatic rings. The molecule has 2 aliphatic heterocycles. The van der Waals surface area contributed by atoms with Gasteiger partial charge in [0.15, 0.2) is 0 Å². The van der Waals surface area contributed by atoms with E-state index in [1.54, 1.807) is 0 Å². The number of likely N-dealkylation sites (tertiary alicyclic amines) is 1. The molecule has 1 unspecified atom stereocenters. The van der Waals surface area contributed by atoms with Crippen LogP contribution in [0.3, 0.4) is 0 Å². The zero-order chi connectivity index (χ0) is 12.4. The van der Waals surface area contributed by atoms with Crippen LogP contribution in [0.25, 0.3) is 0 Å². The van der Waals surface area contributed by atoms with Gasteiger partial charge in [0.05, 0.1) is 5.60 Å². The molecule has 0 amide bonds. The average molecular weight is 248 g/mol. The normalized spacial score (nSPS) is 35.5. The highest BCUT2D eigenvalue weighted by atomic mass is 19.3. The van der Waals surface area contributed by atoms with Crippen LogP contribution in [0.2, 0.25) is 0 Å². The van der Waals surface area contributed by atoms with E-state index in [9.17, 15) is 13.9 Å². The Balaban J connectivity index is 1.83. The standard InChI is InChI=1S/C12H22F2N2O/c13-12(14)4-8-16(9-5-12)10-11(17)2-1-6-15-7-3-11/h15,17H,1-10H2. The van der Waals surface area contributed by atoms with Gasteiger partial charge in [-0.3, -0.25) is 0 Å². The number of rotatable bonds is 2. The third kappa shape index (κ3) is 3.86. The van der Waals surface area contributed by atoms with Crippen LogP contribution < -0.4 is 5.32 Å². The second-order valence-corrected chi connectivity index (χ2v) is 5.46. The Morgan fingerprint density at radius 1 is 1.06 bits per heavy atom. The van der Waals surface area contributed by atoms with Gasteiger partial charge in [-0.05, 0) is 32.4 Å². The number of hydrogen-bond donors (Lipinski definition) is 2. The van der Waals surface area contributed by atoms with E-state index in [4.69, 9.17) is 0 Å². The predicted octanol–water partition coefficient (Wildman–Crippen LogP) is 1.22. The van der Waals surface area contributed by atoms with Gasteiger partial charge < -0.3 is 15.3 Å². The Morgan fingerprint density at radius 3 is 2.47 bits per heavy atom. The van der Waals surface area contributed by atoms with Crippen molar-refractivity contribution in [3.8, 4) is 0 Å². The lowest BCUT2D eigenvalue weighted by Gasteiger charge is -2.37. The maximum atomic E-state index is 13.0. The second-order valence-electron chi connectivity index (χ2n) is 5.46. The maximum Gasteiger partial charge on any atom is 0.250 e. The summed E-state index contributed by atoms with van der Waals surface area (Å²) in [5.41, 5.74) is -0.684. The van der Waals surface area contributed by atoms with Crippen LogP contribution in [0.4, 0.5) is 8.78 Å². The summed E-state index contributed by atoms with van der Waals surface area (Å²) in [7, 11) is 0.